The third-order valence-electron chi connectivity index (χ3n) is 3.69. The number of hydrogen-bond donors (Lipinski definition) is 2. The van der Waals surface area contributed by atoms with Crippen molar-refractivity contribution in [1.29, 1.82) is 0 Å². The Morgan fingerprint density at radius 3 is 2.42 bits per heavy atom. The summed E-state index contributed by atoms with van der Waals surface area (Å²) in [4.78, 5) is 23.5. The molecule has 7 nitrogen and oxygen atoms in total. The van der Waals surface area contributed by atoms with Crippen molar-refractivity contribution in [3.05, 3.63) is 53.6 Å². The Bertz CT molecular complexity index is 776. The molecule has 0 saturated heterocycles. The van der Waals surface area contributed by atoms with Crippen molar-refractivity contribution in [1.82, 2.24) is 5.32 Å². The second kappa shape index (κ2) is 9.31. The molecule has 2 aromatic carbocycles. The summed E-state index contributed by atoms with van der Waals surface area (Å²) in [6.07, 6.45) is 0.635. The molecule has 0 heterocycles. The van der Waals surface area contributed by atoms with Crippen molar-refractivity contribution in [3.8, 4) is 11.5 Å². The Morgan fingerprint density at radius 1 is 0.962 bits per heavy atom. The molecular formula is C19H22N2O5. The molecule has 2 rings (SSSR count). The van der Waals surface area contributed by atoms with E-state index in [2.05, 4.69) is 15.4 Å². The predicted molar refractivity (Wildman–Crippen MR) is 98.1 cm³/mol. The highest BCUT2D eigenvalue weighted by atomic mass is 16.5. The molecule has 2 amide bonds. The number of anilines is 1. The Labute approximate surface area is 152 Å². The number of urea groups is 1. The SMILES string of the molecule is COC(=O)c1cccc(NC(=O)NCCc2ccc(OC)c(OC)c2)c1. The van der Waals surface area contributed by atoms with E-state index in [-0.39, 0.29) is 6.03 Å². The standard InChI is InChI=1S/C19H22N2O5/c1-24-16-8-7-13(11-17(16)25-2)9-10-20-19(23)21-15-6-4-5-14(12-15)18(22)26-3/h4-8,11-12H,9-10H2,1-3H3,(H2,20,21,23). The molecule has 7 heteroatoms. The van der Waals surface area contributed by atoms with Crippen molar-refractivity contribution < 1.29 is 23.8 Å². The summed E-state index contributed by atoms with van der Waals surface area (Å²) in [6.45, 7) is 0.442. The first-order valence-corrected chi connectivity index (χ1v) is 8.01. The summed E-state index contributed by atoms with van der Waals surface area (Å²) in [5.41, 5.74) is 1.89. The average Bonchev–Trinajstić information content (AvgIpc) is 2.67. The minimum absolute atomic E-state index is 0.354. The highest BCUT2D eigenvalue weighted by molar-refractivity contribution is 5.93. The topological polar surface area (TPSA) is 85.9 Å². The summed E-state index contributed by atoms with van der Waals surface area (Å²) in [5.74, 6) is 0.851. The third kappa shape index (κ3) is 5.14. The van der Waals surface area contributed by atoms with E-state index in [0.29, 0.717) is 35.7 Å². The predicted octanol–water partition coefficient (Wildman–Crippen LogP) is 2.85. The van der Waals surface area contributed by atoms with Gasteiger partial charge in [-0.3, -0.25) is 0 Å². The van der Waals surface area contributed by atoms with Crippen LogP contribution in [-0.4, -0.2) is 39.9 Å². The van der Waals surface area contributed by atoms with E-state index in [1.165, 1.54) is 7.11 Å². The van der Waals surface area contributed by atoms with E-state index in [0.717, 1.165) is 5.56 Å². The first kappa shape index (κ1) is 19.1. The van der Waals surface area contributed by atoms with Crippen molar-refractivity contribution in [2.45, 2.75) is 6.42 Å². The molecule has 0 aliphatic rings. The Balaban J connectivity index is 1.87. The van der Waals surface area contributed by atoms with Gasteiger partial charge >= 0.3 is 12.0 Å². The number of nitrogens with one attached hydrogen (secondary N) is 2. The van der Waals surface area contributed by atoms with Crippen LogP contribution in [0.1, 0.15) is 15.9 Å². The molecule has 0 saturated carbocycles. The lowest BCUT2D eigenvalue weighted by molar-refractivity contribution is 0.0600. The van der Waals surface area contributed by atoms with Crippen molar-refractivity contribution in [2.75, 3.05) is 33.2 Å². The summed E-state index contributed by atoms with van der Waals surface area (Å²) in [5, 5.41) is 5.46. The number of benzene rings is 2. The highest BCUT2D eigenvalue weighted by Crippen LogP contribution is 2.27. The number of rotatable bonds is 7. The van der Waals surface area contributed by atoms with Crippen LogP contribution in [0.5, 0.6) is 11.5 Å². The van der Waals surface area contributed by atoms with Gasteiger partial charge in [0.25, 0.3) is 0 Å². The fraction of sp³-hybridized carbons (Fsp3) is 0.263. The summed E-state index contributed by atoms with van der Waals surface area (Å²) < 4.78 is 15.1. The average molecular weight is 358 g/mol. The van der Waals surface area contributed by atoms with Crippen LogP contribution in [0.25, 0.3) is 0 Å². The minimum atomic E-state index is -0.456. The van der Waals surface area contributed by atoms with E-state index in [1.54, 1.807) is 38.5 Å². The summed E-state index contributed by atoms with van der Waals surface area (Å²) in [6, 6.07) is 11.8. The Kier molecular flexibility index (Phi) is 6.84. The van der Waals surface area contributed by atoms with Gasteiger partial charge in [0.1, 0.15) is 0 Å². The summed E-state index contributed by atoms with van der Waals surface area (Å²) in [7, 11) is 4.47. The van der Waals surface area contributed by atoms with Gasteiger partial charge in [0.05, 0.1) is 26.9 Å². The van der Waals surface area contributed by atoms with Crippen LogP contribution in [0.15, 0.2) is 42.5 Å². The zero-order valence-corrected chi connectivity index (χ0v) is 15.0. The largest absolute Gasteiger partial charge is 0.493 e. The Hall–Kier alpha value is -3.22. The second-order valence-corrected chi connectivity index (χ2v) is 5.39. The number of carbonyl (C=O) groups excluding carboxylic acids is 2. The van der Waals surface area contributed by atoms with Crippen LogP contribution < -0.4 is 20.1 Å². The molecule has 138 valence electrons. The highest BCUT2D eigenvalue weighted by Gasteiger charge is 2.08. The van der Waals surface area contributed by atoms with Gasteiger partial charge in [-0.2, -0.15) is 0 Å². The monoisotopic (exact) mass is 358 g/mol. The fourth-order valence-electron chi connectivity index (χ4n) is 2.37. The van der Waals surface area contributed by atoms with Crippen LogP contribution >= 0.6 is 0 Å². The van der Waals surface area contributed by atoms with Gasteiger partial charge in [-0.25, -0.2) is 9.59 Å². The first-order valence-electron chi connectivity index (χ1n) is 8.01. The van der Waals surface area contributed by atoms with Crippen molar-refractivity contribution >= 4 is 17.7 Å². The van der Waals surface area contributed by atoms with E-state index < -0.39 is 5.97 Å². The maximum absolute atomic E-state index is 12.0. The second-order valence-electron chi connectivity index (χ2n) is 5.39. The van der Waals surface area contributed by atoms with Crippen LogP contribution in [0, 0.1) is 0 Å². The molecule has 26 heavy (non-hydrogen) atoms. The molecule has 0 unspecified atom stereocenters. The normalized spacial score (nSPS) is 9.96. The third-order valence-corrected chi connectivity index (χ3v) is 3.69. The molecule has 2 N–H and O–H groups in total. The Morgan fingerprint density at radius 2 is 1.73 bits per heavy atom. The molecular weight excluding hydrogens is 336 g/mol. The lowest BCUT2D eigenvalue weighted by atomic mass is 10.1. The van der Waals surface area contributed by atoms with Crippen LogP contribution in [0.4, 0.5) is 10.5 Å². The molecule has 0 bridgehead atoms. The van der Waals surface area contributed by atoms with Crippen molar-refractivity contribution in [3.63, 3.8) is 0 Å². The zero-order chi connectivity index (χ0) is 18.9. The van der Waals surface area contributed by atoms with Gasteiger partial charge < -0.3 is 24.8 Å². The van der Waals surface area contributed by atoms with Gasteiger partial charge in [0, 0.05) is 12.2 Å². The molecule has 0 spiro atoms. The van der Waals surface area contributed by atoms with Crippen molar-refractivity contribution in [2.24, 2.45) is 0 Å². The minimum Gasteiger partial charge on any atom is -0.493 e. The molecule has 0 aliphatic carbocycles. The lowest BCUT2D eigenvalue weighted by Gasteiger charge is -2.11. The van der Waals surface area contributed by atoms with E-state index in [1.807, 2.05) is 18.2 Å². The maximum atomic E-state index is 12.0. The van der Waals surface area contributed by atoms with Crippen LogP contribution in [-0.2, 0) is 11.2 Å². The van der Waals surface area contributed by atoms with Crippen LogP contribution in [0.3, 0.4) is 0 Å². The summed E-state index contributed by atoms with van der Waals surface area (Å²) >= 11 is 0. The molecule has 2 aromatic rings. The maximum Gasteiger partial charge on any atom is 0.337 e. The first-order chi connectivity index (χ1) is 12.6. The van der Waals surface area contributed by atoms with Gasteiger partial charge in [-0.15, -0.1) is 0 Å². The smallest absolute Gasteiger partial charge is 0.337 e. The molecule has 0 fully saturated rings. The zero-order valence-electron chi connectivity index (χ0n) is 15.0. The fourth-order valence-corrected chi connectivity index (χ4v) is 2.37. The molecule has 0 aliphatic heterocycles. The van der Waals surface area contributed by atoms with E-state index in [4.69, 9.17) is 9.47 Å². The van der Waals surface area contributed by atoms with E-state index in [9.17, 15) is 9.59 Å². The number of amides is 2. The molecule has 0 radical (unpaired) electrons. The van der Waals surface area contributed by atoms with Gasteiger partial charge in [0.15, 0.2) is 11.5 Å². The quantitative estimate of drug-likeness (QED) is 0.744. The number of methoxy groups -OCH3 is 3. The molecule has 0 atom stereocenters. The number of esters is 1. The van der Waals surface area contributed by atoms with Gasteiger partial charge in [-0.1, -0.05) is 12.1 Å². The number of hydrogen-bond acceptors (Lipinski definition) is 5. The van der Waals surface area contributed by atoms with Gasteiger partial charge in [0.2, 0.25) is 0 Å². The number of carbonyl (C=O) groups is 2. The number of ether oxygens (including phenoxy) is 3. The van der Waals surface area contributed by atoms with E-state index >= 15 is 0 Å². The molecule has 0 aromatic heterocycles. The van der Waals surface area contributed by atoms with Gasteiger partial charge in [-0.05, 0) is 42.3 Å². The lowest BCUT2D eigenvalue weighted by Crippen LogP contribution is -2.30. The van der Waals surface area contributed by atoms with Crippen LogP contribution in [0.2, 0.25) is 0 Å².